The van der Waals surface area contributed by atoms with Crippen LogP contribution in [0.15, 0.2) is 23.7 Å². The molecule has 0 fully saturated rings. The molecule has 0 radical (unpaired) electrons. The second-order valence-corrected chi connectivity index (χ2v) is 6.01. The minimum absolute atomic E-state index is 0.200. The molecule has 0 spiro atoms. The highest BCUT2D eigenvalue weighted by molar-refractivity contribution is 7.12. The molecule has 0 saturated heterocycles. The van der Waals surface area contributed by atoms with E-state index in [0.29, 0.717) is 16.2 Å². The maximum atomic E-state index is 12.6. The molecule has 2 heterocycles. The average molecular weight is 306 g/mol. The summed E-state index contributed by atoms with van der Waals surface area (Å²) in [5.74, 6) is 0. The average Bonchev–Trinajstić information content (AvgIpc) is 2.99. The van der Waals surface area contributed by atoms with Gasteiger partial charge < -0.3 is 5.32 Å². The van der Waals surface area contributed by atoms with Gasteiger partial charge in [0.05, 0.1) is 6.04 Å². The summed E-state index contributed by atoms with van der Waals surface area (Å²) in [5.41, 5.74) is 0. The van der Waals surface area contributed by atoms with Gasteiger partial charge in [-0.15, -0.1) is 22.7 Å². The van der Waals surface area contributed by atoms with Crippen LogP contribution >= 0.6 is 22.7 Å². The Morgan fingerprint density at radius 3 is 2.68 bits per heavy atom. The molecule has 0 saturated carbocycles. The predicted molar refractivity (Wildman–Crippen MR) is 71.6 cm³/mol. The van der Waals surface area contributed by atoms with E-state index in [0.717, 1.165) is 17.8 Å². The molecule has 0 amide bonds. The highest BCUT2D eigenvalue weighted by Gasteiger charge is 2.35. The fourth-order valence-corrected chi connectivity index (χ4v) is 3.41. The van der Waals surface area contributed by atoms with Crippen molar-refractivity contribution in [3.63, 3.8) is 0 Å². The van der Waals surface area contributed by atoms with Gasteiger partial charge in [0.2, 0.25) is 0 Å². The summed E-state index contributed by atoms with van der Waals surface area (Å²) in [4.78, 5) is 5.09. The zero-order valence-electron chi connectivity index (χ0n) is 10.2. The molecule has 1 N–H and O–H groups in total. The van der Waals surface area contributed by atoms with Crippen LogP contribution in [-0.2, 0) is 6.18 Å². The Balaban J connectivity index is 2.26. The molecule has 0 aliphatic rings. The molecule has 0 bridgehead atoms. The molecule has 19 heavy (non-hydrogen) atoms. The third kappa shape index (κ3) is 3.55. The van der Waals surface area contributed by atoms with E-state index in [1.807, 2.05) is 24.4 Å². The molecule has 1 unspecified atom stereocenters. The van der Waals surface area contributed by atoms with Crippen molar-refractivity contribution >= 4 is 22.7 Å². The van der Waals surface area contributed by atoms with E-state index in [1.54, 1.807) is 0 Å². The van der Waals surface area contributed by atoms with Crippen molar-refractivity contribution in [1.29, 1.82) is 0 Å². The lowest BCUT2D eigenvalue weighted by Gasteiger charge is -2.14. The first-order valence-corrected chi connectivity index (χ1v) is 7.51. The molecule has 0 aliphatic carbocycles. The van der Waals surface area contributed by atoms with Crippen LogP contribution in [0.4, 0.5) is 13.2 Å². The number of alkyl halides is 3. The van der Waals surface area contributed by atoms with Crippen LogP contribution in [0, 0.1) is 0 Å². The van der Waals surface area contributed by atoms with Gasteiger partial charge in [-0.3, -0.25) is 0 Å². The fourth-order valence-electron chi connectivity index (χ4n) is 1.64. The topological polar surface area (TPSA) is 24.9 Å². The lowest BCUT2D eigenvalue weighted by Crippen LogP contribution is -2.21. The quantitative estimate of drug-likeness (QED) is 0.890. The number of nitrogens with zero attached hydrogens (tertiary/aromatic N) is 1. The third-order valence-electron chi connectivity index (χ3n) is 2.48. The molecule has 0 aliphatic heterocycles. The Morgan fingerprint density at radius 1 is 1.37 bits per heavy atom. The summed E-state index contributed by atoms with van der Waals surface area (Å²) in [6.45, 7) is 2.77. The Bertz CT molecular complexity index is 505. The number of thiophene rings is 1. The van der Waals surface area contributed by atoms with E-state index in [1.165, 1.54) is 17.5 Å². The van der Waals surface area contributed by atoms with Crippen LogP contribution in [0.1, 0.15) is 34.1 Å². The molecule has 2 aromatic rings. The molecule has 104 valence electrons. The summed E-state index contributed by atoms with van der Waals surface area (Å²) >= 11 is 2.23. The van der Waals surface area contributed by atoms with Crippen LogP contribution in [0.25, 0.3) is 0 Å². The Morgan fingerprint density at radius 2 is 2.16 bits per heavy atom. The van der Waals surface area contributed by atoms with Crippen LogP contribution in [0.3, 0.4) is 0 Å². The van der Waals surface area contributed by atoms with Crippen molar-refractivity contribution in [2.75, 3.05) is 6.54 Å². The second kappa shape index (κ2) is 6.02. The summed E-state index contributed by atoms with van der Waals surface area (Å²) in [6.07, 6.45) is -2.12. The Kier molecular flexibility index (Phi) is 4.59. The van der Waals surface area contributed by atoms with Crippen LogP contribution in [-0.4, -0.2) is 11.5 Å². The molecule has 2 aromatic heterocycles. The Labute approximate surface area is 117 Å². The van der Waals surface area contributed by atoms with Crippen LogP contribution in [0.2, 0.25) is 0 Å². The minimum Gasteiger partial charge on any atom is -0.305 e. The number of nitrogens with one attached hydrogen (secondary N) is 1. The summed E-state index contributed by atoms with van der Waals surface area (Å²) in [7, 11) is 0. The van der Waals surface area contributed by atoms with Gasteiger partial charge in [-0.05, 0) is 24.4 Å². The number of thiazole rings is 1. The molecule has 1 atom stereocenters. The minimum atomic E-state index is -4.37. The number of halogens is 3. The number of hydrogen-bond acceptors (Lipinski definition) is 4. The lowest BCUT2D eigenvalue weighted by atomic mass is 10.2. The summed E-state index contributed by atoms with van der Waals surface area (Å²) in [5, 5.41) is 4.40. The van der Waals surface area contributed by atoms with Crippen LogP contribution in [0.5, 0.6) is 0 Å². The largest absolute Gasteiger partial charge is 0.443 e. The van der Waals surface area contributed by atoms with Crippen molar-refractivity contribution in [1.82, 2.24) is 10.3 Å². The fraction of sp³-hybridized carbons (Fsp3) is 0.417. The highest BCUT2D eigenvalue weighted by atomic mass is 32.1. The van der Waals surface area contributed by atoms with Gasteiger partial charge in [-0.1, -0.05) is 13.0 Å². The number of rotatable bonds is 5. The zero-order chi connectivity index (χ0) is 13.9. The monoisotopic (exact) mass is 306 g/mol. The molecular weight excluding hydrogens is 293 g/mol. The van der Waals surface area contributed by atoms with Crippen molar-refractivity contribution in [3.8, 4) is 0 Å². The summed E-state index contributed by atoms with van der Waals surface area (Å²) < 4.78 is 37.8. The maximum absolute atomic E-state index is 12.6. The predicted octanol–water partition coefficient (Wildman–Crippen LogP) is 4.31. The van der Waals surface area contributed by atoms with Crippen molar-refractivity contribution in [2.24, 2.45) is 0 Å². The van der Waals surface area contributed by atoms with Gasteiger partial charge >= 0.3 is 6.18 Å². The molecule has 2 rings (SSSR count). The number of hydrogen-bond donors (Lipinski definition) is 1. The van der Waals surface area contributed by atoms with Crippen molar-refractivity contribution in [3.05, 3.63) is 38.5 Å². The normalized spacial score (nSPS) is 13.7. The molecule has 0 aromatic carbocycles. The lowest BCUT2D eigenvalue weighted by molar-refractivity contribution is -0.137. The van der Waals surface area contributed by atoms with E-state index in [9.17, 15) is 13.2 Å². The smallest absolute Gasteiger partial charge is 0.305 e. The van der Waals surface area contributed by atoms with E-state index >= 15 is 0 Å². The van der Waals surface area contributed by atoms with Gasteiger partial charge in [-0.25, -0.2) is 4.98 Å². The standard InChI is InChI=1S/C12H13F3N2S2/c1-2-5-16-10(8-4-3-6-18-8)9-7-17-11(19-9)12(13,14)15/h3-4,6-7,10,16H,2,5H2,1H3. The van der Waals surface area contributed by atoms with Gasteiger partial charge in [-0.2, -0.15) is 13.2 Å². The molecule has 7 heteroatoms. The first kappa shape index (κ1) is 14.5. The SMILES string of the molecule is CCCNC(c1cccs1)c1cnc(C(F)(F)F)s1. The van der Waals surface area contributed by atoms with Crippen molar-refractivity contribution in [2.45, 2.75) is 25.6 Å². The third-order valence-corrected chi connectivity index (χ3v) is 4.52. The first-order chi connectivity index (χ1) is 9.02. The first-order valence-electron chi connectivity index (χ1n) is 5.82. The maximum Gasteiger partial charge on any atom is 0.443 e. The van der Waals surface area contributed by atoms with E-state index in [-0.39, 0.29) is 6.04 Å². The second-order valence-electron chi connectivity index (χ2n) is 3.97. The van der Waals surface area contributed by atoms with Gasteiger partial charge in [0.15, 0.2) is 5.01 Å². The van der Waals surface area contributed by atoms with Crippen molar-refractivity contribution < 1.29 is 13.2 Å². The molecule has 2 nitrogen and oxygen atoms in total. The molecular formula is C12H13F3N2S2. The summed E-state index contributed by atoms with van der Waals surface area (Å²) in [6, 6.07) is 3.62. The van der Waals surface area contributed by atoms with E-state index in [4.69, 9.17) is 0 Å². The van der Waals surface area contributed by atoms with Gasteiger partial charge in [0.25, 0.3) is 0 Å². The van der Waals surface area contributed by atoms with E-state index in [2.05, 4.69) is 10.3 Å². The van der Waals surface area contributed by atoms with E-state index < -0.39 is 11.2 Å². The highest BCUT2D eigenvalue weighted by Crippen LogP contribution is 2.36. The van der Waals surface area contributed by atoms with Gasteiger partial charge in [0.1, 0.15) is 0 Å². The van der Waals surface area contributed by atoms with Crippen LogP contribution < -0.4 is 5.32 Å². The zero-order valence-corrected chi connectivity index (χ0v) is 11.8. The number of aromatic nitrogens is 1. The Hall–Kier alpha value is -0.920. The van der Waals surface area contributed by atoms with Gasteiger partial charge in [0, 0.05) is 16.0 Å².